The number of aromatic nitrogens is 1. The average molecular weight is 428 g/mol. The van der Waals surface area contributed by atoms with E-state index in [9.17, 15) is 0 Å². The quantitative estimate of drug-likeness (QED) is 0.271. The number of pyridine rings is 1. The van der Waals surface area contributed by atoms with Crippen LogP contribution in [0.1, 0.15) is 46.5 Å². The lowest BCUT2D eigenvalue weighted by Crippen LogP contribution is -2.35. The monoisotopic (exact) mass is 427 g/mol. The summed E-state index contributed by atoms with van der Waals surface area (Å²) in [7, 11) is 1.70. The van der Waals surface area contributed by atoms with Crippen molar-refractivity contribution < 1.29 is 4.74 Å². The molecule has 0 bridgehead atoms. The Labute approximate surface area is 185 Å². The van der Waals surface area contributed by atoms with Gasteiger partial charge >= 0.3 is 0 Å². The number of hydrogen-bond donors (Lipinski definition) is 1. The van der Waals surface area contributed by atoms with Gasteiger partial charge in [-0.1, -0.05) is 31.9 Å². The van der Waals surface area contributed by atoms with Crippen LogP contribution in [0.15, 0.2) is 36.4 Å². The number of nitrogens with zero attached hydrogens (tertiary/aromatic N) is 2. The highest BCUT2D eigenvalue weighted by molar-refractivity contribution is 6.31. The number of halogens is 1. The summed E-state index contributed by atoms with van der Waals surface area (Å²) in [5, 5.41) is 6.57. The predicted octanol–water partition coefficient (Wildman–Crippen LogP) is 6.75. The molecule has 2 aromatic carbocycles. The summed E-state index contributed by atoms with van der Waals surface area (Å²) < 4.78 is 5.46. The van der Waals surface area contributed by atoms with Crippen molar-refractivity contribution >= 4 is 39.1 Å². The van der Waals surface area contributed by atoms with Gasteiger partial charge in [0.15, 0.2) is 0 Å². The van der Waals surface area contributed by atoms with Crippen LogP contribution in [-0.2, 0) is 0 Å². The van der Waals surface area contributed by atoms with Crippen LogP contribution in [0.25, 0.3) is 21.8 Å². The molecular weight excluding hydrogens is 394 g/mol. The Morgan fingerprint density at radius 2 is 1.83 bits per heavy atom. The lowest BCUT2D eigenvalue weighted by Gasteiger charge is -2.28. The molecule has 0 aliphatic rings. The number of hydrogen-bond acceptors (Lipinski definition) is 4. The maximum atomic E-state index is 6.23. The highest BCUT2D eigenvalue weighted by Gasteiger charge is 2.13. The van der Waals surface area contributed by atoms with Crippen molar-refractivity contribution in [2.45, 2.75) is 52.5 Å². The Morgan fingerprint density at radius 3 is 2.57 bits per heavy atom. The summed E-state index contributed by atoms with van der Waals surface area (Å²) >= 11 is 6.23. The first kappa shape index (κ1) is 22.6. The van der Waals surface area contributed by atoms with E-state index in [0.29, 0.717) is 11.1 Å². The zero-order valence-electron chi connectivity index (χ0n) is 18.7. The van der Waals surface area contributed by atoms with E-state index in [1.54, 1.807) is 7.11 Å². The van der Waals surface area contributed by atoms with Gasteiger partial charge < -0.3 is 15.0 Å². The molecule has 0 fully saturated rings. The molecule has 5 heteroatoms. The van der Waals surface area contributed by atoms with Crippen molar-refractivity contribution in [3.63, 3.8) is 0 Å². The molecule has 30 heavy (non-hydrogen) atoms. The second-order valence-corrected chi connectivity index (χ2v) is 8.39. The van der Waals surface area contributed by atoms with Crippen molar-refractivity contribution in [1.29, 1.82) is 0 Å². The third-order valence-corrected chi connectivity index (χ3v) is 6.12. The number of anilines is 1. The lowest BCUT2D eigenvalue weighted by molar-refractivity contribution is 0.200. The molecule has 4 nitrogen and oxygen atoms in total. The van der Waals surface area contributed by atoms with Gasteiger partial charge in [-0.05, 0) is 69.1 Å². The van der Waals surface area contributed by atoms with Gasteiger partial charge in [-0.15, -0.1) is 0 Å². The molecule has 1 N–H and O–H groups in total. The van der Waals surface area contributed by atoms with E-state index in [4.69, 9.17) is 21.3 Å². The molecule has 0 saturated heterocycles. The van der Waals surface area contributed by atoms with Gasteiger partial charge in [0.05, 0.1) is 23.8 Å². The normalized spacial score (nSPS) is 12.6. The molecule has 162 valence electrons. The molecular formula is C25H34ClN3O. The summed E-state index contributed by atoms with van der Waals surface area (Å²) in [5.74, 6) is 0.836. The van der Waals surface area contributed by atoms with E-state index in [2.05, 4.69) is 43.1 Å². The summed E-state index contributed by atoms with van der Waals surface area (Å²) in [6.07, 6.45) is 4.79. The number of ether oxygens (including phenoxy) is 1. The van der Waals surface area contributed by atoms with Crippen LogP contribution in [-0.4, -0.2) is 42.7 Å². The molecule has 1 heterocycles. The number of methoxy groups -OCH3 is 1. The highest BCUT2D eigenvalue weighted by Crippen LogP contribution is 2.34. The SMILES string of the molecule is CCCCN(CCCNc1c2ccc(Cl)cc2nc2ccc(OC)cc12)C(C)CC. The molecule has 1 atom stereocenters. The van der Waals surface area contributed by atoms with Crippen molar-refractivity contribution in [3.05, 3.63) is 41.4 Å². The highest BCUT2D eigenvalue weighted by atomic mass is 35.5. The van der Waals surface area contributed by atoms with Gasteiger partial charge in [0.2, 0.25) is 0 Å². The fraction of sp³-hybridized carbons (Fsp3) is 0.480. The second kappa shape index (κ2) is 10.8. The first-order valence-electron chi connectivity index (χ1n) is 11.1. The van der Waals surface area contributed by atoms with E-state index in [1.165, 1.54) is 25.8 Å². The largest absolute Gasteiger partial charge is 0.497 e. The summed E-state index contributed by atoms with van der Waals surface area (Å²) in [6.45, 7) is 10.1. The van der Waals surface area contributed by atoms with E-state index >= 15 is 0 Å². The van der Waals surface area contributed by atoms with Crippen LogP contribution in [0.3, 0.4) is 0 Å². The molecule has 3 rings (SSSR count). The third kappa shape index (κ3) is 5.35. The zero-order chi connectivity index (χ0) is 21.5. The van der Waals surface area contributed by atoms with Gasteiger partial charge in [0.25, 0.3) is 0 Å². The Balaban J connectivity index is 1.82. The minimum atomic E-state index is 0.630. The molecule has 1 aromatic heterocycles. The van der Waals surface area contributed by atoms with Crippen LogP contribution < -0.4 is 10.1 Å². The summed E-state index contributed by atoms with van der Waals surface area (Å²) in [4.78, 5) is 7.43. The Kier molecular flexibility index (Phi) is 8.17. The van der Waals surface area contributed by atoms with E-state index in [-0.39, 0.29) is 0 Å². The van der Waals surface area contributed by atoms with Gasteiger partial charge in [0.1, 0.15) is 5.75 Å². The summed E-state index contributed by atoms with van der Waals surface area (Å²) in [6, 6.07) is 12.6. The molecule has 0 amide bonds. The number of rotatable bonds is 11. The van der Waals surface area contributed by atoms with Crippen molar-refractivity contribution in [3.8, 4) is 5.75 Å². The van der Waals surface area contributed by atoms with Crippen LogP contribution in [0.5, 0.6) is 5.75 Å². The molecule has 0 aliphatic carbocycles. The van der Waals surface area contributed by atoms with Gasteiger partial charge in [-0.3, -0.25) is 0 Å². The minimum absolute atomic E-state index is 0.630. The van der Waals surface area contributed by atoms with E-state index in [0.717, 1.165) is 52.8 Å². The Morgan fingerprint density at radius 1 is 1.03 bits per heavy atom. The maximum absolute atomic E-state index is 6.23. The fourth-order valence-corrected chi connectivity index (χ4v) is 4.05. The molecule has 0 radical (unpaired) electrons. The lowest BCUT2D eigenvalue weighted by atomic mass is 10.1. The smallest absolute Gasteiger partial charge is 0.119 e. The first-order valence-corrected chi connectivity index (χ1v) is 11.5. The van der Waals surface area contributed by atoms with Crippen molar-refractivity contribution in [1.82, 2.24) is 9.88 Å². The Hall–Kier alpha value is -2.04. The number of benzene rings is 2. The number of fused-ring (bicyclic) bond motifs is 2. The third-order valence-electron chi connectivity index (χ3n) is 5.88. The van der Waals surface area contributed by atoms with Gasteiger partial charge in [-0.25, -0.2) is 4.98 Å². The number of nitrogens with one attached hydrogen (secondary N) is 1. The fourth-order valence-electron chi connectivity index (χ4n) is 3.88. The summed E-state index contributed by atoms with van der Waals surface area (Å²) in [5.41, 5.74) is 2.96. The van der Waals surface area contributed by atoms with Gasteiger partial charge in [0, 0.05) is 34.9 Å². The van der Waals surface area contributed by atoms with E-state index in [1.807, 2.05) is 24.3 Å². The van der Waals surface area contributed by atoms with Crippen LogP contribution in [0.4, 0.5) is 5.69 Å². The molecule has 1 unspecified atom stereocenters. The maximum Gasteiger partial charge on any atom is 0.119 e. The minimum Gasteiger partial charge on any atom is -0.497 e. The van der Waals surface area contributed by atoms with Crippen molar-refractivity contribution in [2.75, 3.05) is 32.1 Å². The molecule has 0 spiro atoms. The Bertz CT molecular complexity index is 975. The van der Waals surface area contributed by atoms with Crippen LogP contribution >= 0.6 is 11.6 Å². The molecule has 3 aromatic rings. The average Bonchev–Trinajstić information content (AvgIpc) is 2.76. The first-order chi connectivity index (χ1) is 14.6. The second-order valence-electron chi connectivity index (χ2n) is 7.96. The van der Waals surface area contributed by atoms with Gasteiger partial charge in [-0.2, -0.15) is 0 Å². The van der Waals surface area contributed by atoms with Crippen LogP contribution in [0.2, 0.25) is 5.02 Å². The topological polar surface area (TPSA) is 37.4 Å². The standard InChI is InChI=1S/C25H34ClN3O/c1-5-7-14-29(18(3)6-2)15-8-13-27-25-21-11-9-19(26)16-24(21)28-23-12-10-20(30-4)17-22(23)25/h9-12,16-18H,5-8,13-15H2,1-4H3,(H,27,28). The molecule has 0 aliphatic heterocycles. The van der Waals surface area contributed by atoms with Crippen molar-refractivity contribution in [2.24, 2.45) is 0 Å². The zero-order valence-corrected chi connectivity index (χ0v) is 19.4. The molecule has 0 saturated carbocycles. The van der Waals surface area contributed by atoms with E-state index < -0.39 is 0 Å². The van der Waals surface area contributed by atoms with Crippen LogP contribution in [0, 0.1) is 0 Å². The number of unbranched alkanes of at least 4 members (excludes halogenated alkanes) is 1. The predicted molar refractivity (Wildman–Crippen MR) is 130 cm³/mol.